The first-order valence-electron chi connectivity index (χ1n) is 6.89. The molecular weight excluding hydrogens is 256 g/mol. The van der Waals surface area contributed by atoms with Gasteiger partial charge in [-0.05, 0) is 30.2 Å². The Morgan fingerprint density at radius 3 is 2.80 bits per heavy atom. The topological polar surface area (TPSA) is 69.6 Å². The Balaban J connectivity index is 2.04. The number of carbonyl (C=O) groups is 2. The summed E-state index contributed by atoms with van der Waals surface area (Å²) in [6.07, 6.45) is 1.18. The Hall–Kier alpha value is -1.88. The molecule has 5 nitrogen and oxygen atoms in total. The second kappa shape index (κ2) is 6.05. The van der Waals surface area contributed by atoms with Gasteiger partial charge in [0, 0.05) is 31.2 Å². The van der Waals surface area contributed by atoms with Crippen molar-refractivity contribution < 1.29 is 14.7 Å². The summed E-state index contributed by atoms with van der Waals surface area (Å²) in [5.74, 6) is -0.848. The molecule has 20 heavy (non-hydrogen) atoms. The normalized spacial score (nSPS) is 13.7. The van der Waals surface area contributed by atoms with Crippen LogP contribution in [0.25, 0.3) is 0 Å². The molecule has 5 heteroatoms. The third-order valence-corrected chi connectivity index (χ3v) is 3.41. The first-order chi connectivity index (χ1) is 9.49. The van der Waals surface area contributed by atoms with Crippen LogP contribution in [0.4, 0.5) is 5.69 Å². The second-order valence-corrected chi connectivity index (χ2v) is 5.30. The average molecular weight is 276 g/mol. The van der Waals surface area contributed by atoms with Gasteiger partial charge in [-0.15, -0.1) is 0 Å². The highest BCUT2D eigenvalue weighted by molar-refractivity contribution is 5.97. The molecule has 1 aliphatic heterocycles. The molecule has 0 bridgehead atoms. The SMILES string of the molecule is CC(C)NCCC(=O)N1CCc2cc(C(=O)O)ccc21. The minimum absolute atomic E-state index is 0.0833. The van der Waals surface area contributed by atoms with Gasteiger partial charge in [-0.1, -0.05) is 13.8 Å². The number of carboxylic acid groups (broad SMARTS) is 1. The lowest BCUT2D eigenvalue weighted by molar-refractivity contribution is -0.118. The largest absolute Gasteiger partial charge is 0.478 e. The predicted molar refractivity (Wildman–Crippen MR) is 77.2 cm³/mol. The Morgan fingerprint density at radius 1 is 1.40 bits per heavy atom. The molecule has 0 radical (unpaired) electrons. The molecule has 0 saturated carbocycles. The maximum absolute atomic E-state index is 12.2. The lowest BCUT2D eigenvalue weighted by Gasteiger charge is -2.18. The van der Waals surface area contributed by atoms with Crippen LogP contribution in [0.1, 0.15) is 36.2 Å². The summed E-state index contributed by atoms with van der Waals surface area (Å²) in [4.78, 5) is 24.9. The molecular formula is C15H20N2O3. The zero-order valence-corrected chi connectivity index (χ0v) is 11.8. The maximum Gasteiger partial charge on any atom is 0.335 e. The summed E-state index contributed by atoms with van der Waals surface area (Å²) >= 11 is 0. The van der Waals surface area contributed by atoms with Crippen LogP contribution >= 0.6 is 0 Å². The van der Waals surface area contributed by atoms with Crippen LogP contribution in [0.5, 0.6) is 0 Å². The monoisotopic (exact) mass is 276 g/mol. The number of carboxylic acids is 1. The number of anilines is 1. The molecule has 0 aliphatic carbocycles. The quantitative estimate of drug-likeness (QED) is 0.858. The molecule has 108 valence electrons. The number of rotatable bonds is 5. The molecule has 1 aromatic carbocycles. The number of nitrogens with one attached hydrogen (secondary N) is 1. The third-order valence-electron chi connectivity index (χ3n) is 3.41. The highest BCUT2D eigenvalue weighted by Gasteiger charge is 2.25. The highest BCUT2D eigenvalue weighted by atomic mass is 16.4. The van der Waals surface area contributed by atoms with Crippen molar-refractivity contribution in [3.63, 3.8) is 0 Å². The number of hydrogen-bond acceptors (Lipinski definition) is 3. The van der Waals surface area contributed by atoms with E-state index >= 15 is 0 Å². The Bertz CT molecular complexity index is 526. The van der Waals surface area contributed by atoms with Crippen LogP contribution in [-0.2, 0) is 11.2 Å². The lowest BCUT2D eigenvalue weighted by Crippen LogP contribution is -2.33. The van der Waals surface area contributed by atoms with Gasteiger partial charge in [0.1, 0.15) is 0 Å². The summed E-state index contributed by atoms with van der Waals surface area (Å²) in [5, 5.41) is 12.2. The molecule has 0 spiro atoms. The van der Waals surface area contributed by atoms with Gasteiger partial charge in [0.05, 0.1) is 5.56 Å². The van der Waals surface area contributed by atoms with Crippen molar-refractivity contribution in [1.82, 2.24) is 5.32 Å². The number of nitrogens with zero attached hydrogens (tertiary/aromatic N) is 1. The number of benzene rings is 1. The van der Waals surface area contributed by atoms with E-state index in [0.717, 1.165) is 17.7 Å². The van der Waals surface area contributed by atoms with E-state index < -0.39 is 5.97 Å². The molecule has 0 saturated heterocycles. The van der Waals surface area contributed by atoms with Crippen LogP contribution in [0, 0.1) is 0 Å². The van der Waals surface area contributed by atoms with Crippen molar-refractivity contribution in [2.24, 2.45) is 0 Å². The van der Waals surface area contributed by atoms with Gasteiger partial charge >= 0.3 is 5.97 Å². The molecule has 1 heterocycles. The second-order valence-electron chi connectivity index (χ2n) is 5.30. The van der Waals surface area contributed by atoms with E-state index in [-0.39, 0.29) is 11.5 Å². The molecule has 0 fully saturated rings. The zero-order chi connectivity index (χ0) is 14.7. The Kier molecular flexibility index (Phi) is 4.39. The van der Waals surface area contributed by atoms with E-state index in [1.807, 2.05) is 13.8 Å². The third kappa shape index (κ3) is 3.17. The summed E-state index contributed by atoms with van der Waals surface area (Å²) < 4.78 is 0. The van der Waals surface area contributed by atoms with E-state index in [2.05, 4.69) is 5.32 Å². The Morgan fingerprint density at radius 2 is 2.15 bits per heavy atom. The number of fused-ring (bicyclic) bond motifs is 1. The molecule has 2 N–H and O–H groups in total. The predicted octanol–water partition coefficient (Wildman–Crippen LogP) is 1.66. The number of aromatic carboxylic acids is 1. The lowest BCUT2D eigenvalue weighted by atomic mass is 10.1. The van der Waals surface area contributed by atoms with Gasteiger partial charge in [-0.2, -0.15) is 0 Å². The fourth-order valence-corrected chi connectivity index (χ4v) is 2.40. The van der Waals surface area contributed by atoms with Gasteiger partial charge in [-0.25, -0.2) is 4.79 Å². The van der Waals surface area contributed by atoms with Gasteiger partial charge in [-0.3, -0.25) is 4.79 Å². The molecule has 1 amide bonds. The summed E-state index contributed by atoms with van der Waals surface area (Å²) in [7, 11) is 0. The summed E-state index contributed by atoms with van der Waals surface area (Å²) in [6, 6.07) is 5.32. The highest BCUT2D eigenvalue weighted by Crippen LogP contribution is 2.29. The smallest absolute Gasteiger partial charge is 0.335 e. The molecule has 0 aromatic heterocycles. The molecule has 2 rings (SSSR count). The van der Waals surface area contributed by atoms with Crippen molar-refractivity contribution in [2.75, 3.05) is 18.0 Å². The van der Waals surface area contributed by atoms with Gasteiger partial charge in [0.2, 0.25) is 5.91 Å². The maximum atomic E-state index is 12.2. The summed E-state index contributed by atoms with van der Waals surface area (Å²) in [5.41, 5.74) is 2.07. The molecule has 0 atom stereocenters. The van der Waals surface area contributed by atoms with Crippen molar-refractivity contribution in [1.29, 1.82) is 0 Å². The number of carbonyl (C=O) groups excluding carboxylic acids is 1. The van der Waals surface area contributed by atoms with Crippen molar-refractivity contribution in [2.45, 2.75) is 32.7 Å². The average Bonchev–Trinajstić information content (AvgIpc) is 2.80. The van der Waals surface area contributed by atoms with Gasteiger partial charge in [0.25, 0.3) is 0 Å². The van der Waals surface area contributed by atoms with Crippen LogP contribution in [0.2, 0.25) is 0 Å². The zero-order valence-electron chi connectivity index (χ0n) is 11.8. The van der Waals surface area contributed by atoms with Gasteiger partial charge < -0.3 is 15.3 Å². The van der Waals surface area contributed by atoms with Crippen LogP contribution in [-0.4, -0.2) is 36.1 Å². The van der Waals surface area contributed by atoms with E-state index in [1.165, 1.54) is 0 Å². The number of hydrogen-bond donors (Lipinski definition) is 2. The van der Waals surface area contributed by atoms with Crippen LogP contribution in [0.3, 0.4) is 0 Å². The van der Waals surface area contributed by atoms with E-state index in [0.29, 0.717) is 25.6 Å². The van der Waals surface area contributed by atoms with E-state index in [4.69, 9.17) is 5.11 Å². The van der Waals surface area contributed by atoms with Crippen LogP contribution in [0.15, 0.2) is 18.2 Å². The minimum atomic E-state index is -0.932. The van der Waals surface area contributed by atoms with E-state index in [9.17, 15) is 9.59 Å². The van der Waals surface area contributed by atoms with Crippen molar-refractivity contribution >= 4 is 17.6 Å². The molecule has 1 aromatic rings. The standard InChI is InChI=1S/C15H20N2O3/c1-10(2)16-7-5-14(18)17-8-6-11-9-12(15(19)20)3-4-13(11)17/h3-4,9-10,16H,5-8H2,1-2H3,(H,19,20). The minimum Gasteiger partial charge on any atom is -0.478 e. The first kappa shape index (κ1) is 14.5. The van der Waals surface area contributed by atoms with E-state index in [1.54, 1.807) is 23.1 Å². The fraction of sp³-hybridized carbons (Fsp3) is 0.467. The number of amides is 1. The first-order valence-corrected chi connectivity index (χ1v) is 6.89. The molecule has 0 unspecified atom stereocenters. The van der Waals surface area contributed by atoms with Crippen molar-refractivity contribution in [3.8, 4) is 0 Å². The van der Waals surface area contributed by atoms with Gasteiger partial charge in [0.15, 0.2) is 0 Å². The summed E-state index contributed by atoms with van der Waals surface area (Å²) in [6.45, 7) is 5.39. The Labute approximate surface area is 118 Å². The van der Waals surface area contributed by atoms with Crippen molar-refractivity contribution in [3.05, 3.63) is 29.3 Å². The molecule has 1 aliphatic rings. The van der Waals surface area contributed by atoms with Crippen LogP contribution < -0.4 is 10.2 Å². The fourth-order valence-electron chi connectivity index (χ4n) is 2.40.